The van der Waals surface area contributed by atoms with Crippen molar-refractivity contribution in [2.45, 2.75) is 17.8 Å². The second-order valence-electron chi connectivity index (χ2n) is 7.23. The Hall–Kier alpha value is -2.80. The van der Waals surface area contributed by atoms with Gasteiger partial charge in [0.15, 0.2) is 0 Å². The molecule has 1 N–H and O–H groups in total. The Morgan fingerprint density at radius 1 is 1.00 bits per heavy atom. The predicted molar refractivity (Wildman–Crippen MR) is 112 cm³/mol. The summed E-state index contributed by atoms with van der Waals surface area (Å²) in [7, 11) is 0. The highest BCUT2D eigenvalue weighted by Crippen LogP contribution is 2.21. The molecular formula is C22H23N3O3S. The highest BCUT2D eigenvalue weighted by molar-refractivity contribution is 7.98. The van der Waals surface area contributed by atoms with E-state index in [2.05, 4.69) is 5.32 Å². The summed E-state index contributed by atoms with van der Waals surface area (Å²) in [5.74, 6) is 0.993. The van der Waals surface area contributed by atoms with Crippen LogP contribution in [-0.4, -0.2) is 65.0 Å². The molecule has 150 valence electrons. The molecule has 0 unspecified atom stereocenters. The molecule has 2 atom stereocenters. The SMILES string of the molecule is O=C1N[C@@H](CSCc2ccccc2)C(=O)N2CCN(C(=O)c3ccccc3)C[C@H]12. The first-order valence-corrected chi connectivity index (χ1v) is 10.9. The number of hydrogen-bond donors (Lipinski definition) is 1. The van der Waals surface area contributed by atoms with E-state index in [0.717, 1.165) is 5.75 Å². The lowest BCUT2D eigenvalue weighted by atomic mass is 10.0. The molecule has 0 aliphatic carbocycles. The van der Waals surface area contributed by atoms with Crippen molar-refractivity contribution < 1.29 is 14.4 Å². The molecule has 4 rings (SSSR count). The zero-order chi connectivity index (χ0) is 20.2. The summed E-state index contributed by atoms with van der Waals surface area (Å²) in [5, 5.41) is 2.86. The van der Waals surface area contributed by atoms with Crippen LogP contribution in [0.2, 0.25) is 0 Å². The van der Waals surface area contributed by atoms with Crippen molar-refractivity contribution in [3.8, 4) is 0 Å². The van der Waals surface area contributed by atoms with Crippen molar-refractivity contribution in [1.29, 1.82) is 0 Å². The van der Waals surface area contributed by atoms with Crippen molar-refractivity contribution in [3.05, 3.63) is 71.8 Å². The van der Waals surface area contributed by atoms with Crippen LogP contribution in [0.5, 0.6) is 0 Å². The number of carbonyl (C=O) groups excluding carboxylic acids is 3. The Bertz CT molecular complexity index is 891. The van der Waals surface area contributed by atoms with Gasteiger partial charge in [-0.3, -0.25) is 14.4 Å². The summed E-state index contributed by atoms with van der Waals surface area (Å²) in [6.45, 7) is 1.05. The average molecular weight is 410 g/mol. The summed E-state index contributed by atoms with van der Waals surface area (Å²) in [4.78, 5) is 41.5. The maximum Gasteiger partial charge on any atom is 0.253 e. The number of hydrogen-bond acceptors (Lipinski definition) is 4. The first-order valence-electron chi connectivity index (χ1n) is 9.70. The van der Waals surface area contributed by atoms with Gasteiger partial charge >= 0.3 is 0 Å². The summed E-state index contributed by atoms with van der Waals surface area (Å²) >= 11 is 1.63. The number of amides is 3. The number of rotatable bonds is 5. The van der Waals surface area contributed by atoms with Crippen molar-refractivity contribution in [2.24, 2.45) is 0 Å². The van der Waals surface area contributed by atoms with Crippen LogP contribution < -0.4 is 5.32 Å². The molecule has 0 bridgehead atoms. The van der Waals surface area contributed by atoms with Gasteiger partial charge in [0.2, 0.25) is 11.8 Å². The van der Waals surface area contributed by atoms with Crippen molar-refractivity contribution >= 4 is 29.5 Å². The molecule has 2 saturated heterocycles. The van der Waals surface area contributed by atoms with E-state index in [4.69, 9.17) is 0 Å². The van der Waals surface area contributed by atoms with Crippen LogP contribution in [0.25, 0.3) is 0 Å². The van der Waals surface area contributed by atoms with Crippen LogP contribution in [0.3, 0.4) is 0 Å². The molecule has 2 aliphatic heterocycles. The number of thioether (sulfide) groups is 1. The van der Waals surface area contributed by atoms with E-state index in [1.165, 1.54) is 5.56 Å². The van der Waals surface area contributed by atoms with Gasteiger partial charge in [0, 0.05) is 30.2 Å². The highest BCUT2D eigenvalue weighted by atomic mass is 32.2. The normalized spacial score (nSPS) is 21.5. The van der Waals surface area contributed by atoms with Gasteiger partial charge < -0.3 is 15.1 Å². The Morgan fingerprint density at radius 2 is 1.69 bits per heavy atom. The van der Waals surface area contributed by atoms with Crippen LogP contribution in [0.15, 0.2) is 60.7 Å². The fourth-order valence-corrected chi connectivity index (χ4v) is 4.74. The van der Waals surface area contributed by atoms with Gasteiger partial charge in [-0.2, -0.15) is 11.8 Å². The molecular weight excluding hydrogens is 386 g/mol. The molecule has 0 spiro atoms. The van der Waals surface area contributed by atoms with Crippen molar-refractivity contribution in [3.63, 3.8) is 0 Å². The van der Waals surface area contributed by atoms with E-state index in [9.17, 15) is 14.4 Å². The number of fused-ring (bicyclic) bond motifs is 1. The van der Waals surface area contributed by atoms with E-state index in [1.54, 1.807) is 33.7 Å². The lowest BCUT2D eigenvalue weighted by Gasteiger charge is -2.45. The summed E-state index contributed by atoms with van der Waals surface area (Å²) in [5.41, 5.74) is 1.79. The van der Waals surface area contributed by atoms with Crippen LogP contribution in [-0.2, 0) is 15.3 Å². The molecule has 0 saturated carbocycles. The molecule has 7 heteroatoms. The molecule has 2 fully saturated rings. The summed E-state index contributed by atoms with van der Waals surface area (Å²) in [6, 6.07) is 18.0. The second-order valence-corrected chi connectivity index (χ2v) is 8.26. The zero-order valence-electron chi connectivity index (χ0n) is 16.0. The number of carbonyl (C=O) groups is 3. The Labute approximate surface area is 174 Å². The standard InChI is InChI=1S/C22H23N3O3S/c26-20-19-13-24(21(27)17-9-5-2-6-10-17)11-12-25(19)22(28)18(23-20)15-29-14-16-7-3-1-4-8-16/h1-10,18-19H,11-15H2,(H,23,26)/t18-,19+/m0/s1. The zero-order valence-corrected chi connectivity index (χ0v) is 16.8. The smallest absolute Gasteiger partial charge is 0.253 e. The highest BCUT2D eigenvalue weighted by Gasteiger charge is 2.44. The van der Waals surface area contributed by atoms with Gasteiger partial charge in [-0.25, -0.2) is 0 Å². The third-order valence-corrected chi connectivity index (χ3v) is 6.39. The maximum absolute atomic E-state index is 12.9. The fourth-order valence-electron chi connectivity index (χ4n) is 3.73. The lowest BCUT2D eigenvalue weighted by Crippen LogP contribution is -2.70. The minimum atomic E-state index is -0.612. The lowest BCUT2D eigenvalue weighted by molar-refractivity contribution is -0.151. The monoisotopic (exact) mass is 409 g/mol. The third-order valence-electron chi connectivity index (χ3n) is 5.28. The molecule has 2 aliphatic rings. The molecule has 2 aromatic rings. The number of nitrogens with zero attached hydrogens (tertiary/aromatic N) is 2. The summed E-state index contributed by atoms with van der Waals surface area (Å²) in [6.07, 6.45) is 0. The average Bonchev–Trinajstić information content (AvgIpc) is 2.77. The molecule has 0 radical (unpaired) electrons. The van der Waals surface area contributed by atoms with Crippen LogP contribution in [0.1, 0.15) is 15.9 Å². The summed E-state index contributed by atoms with van der Waals surface area (Å²) < 4.78 is 0. The second kappa shape index (κ2) is 8.69. The molecule has 2 heterocycles. The maximum atomic E-state index is 12.9. The molecule has 6 nitrogen and oxygen atoms in total. The van der Waals surface area contributed by atoms with Gasteiger partial charge in [-0.05, 0) is 17.7 Å². The van der Waals surface area contributed by atoms with E-state index in [1.807, 2.05) is 48.5 Å². The predicted octanol–water partition coefficient (Wildman–Crippen LogP) is 1.77. The number of benzene rings is 2. The topological polar surface area (TPSA) is 69.7 Å². The first-order chi connectivity index (χ1) is 14.1. The van der Waals surface area contributed by atoms with Gasteiger partial charge in [0.25, 0.3) is 5.91 Å². The van der Waals surface area contributed by atoms with Crippen LogP contribution in [0.4, 0.5) is 0 Å². The Morgan fingerprint density at radius 3 is 2.41 bits per heavy atom. The number of nitrogens with one attached hydrogen (secondary N) is 1. The molecule has 3 amide bonds. The molecule has 0 aromatic heterocycles. The van der Waals surface area contributed by atoms with Gasteiger partial charge in [0.1, 0.15) is 12.1 Å². The minimum Gasteiger partial charge on any atom is -0.342 e. The molecule has 2 aromatic carbocycles. The first kappa shape index (κ1) is 19.5. The fraction of sp³-hybridized carbons (Fsp3) is 0.318. The van der Waals surface area contributed by atoms with E-state index in [0.29, 0.717) is 24.4 Å². The minimum absolute atomic E-state index is 0.0537. The largest absolute Gasteiger partial charge is 0.342 e. The van der Waals surface area contributed by atoms with E-state index < -0.39 is 12.1 Å². The van der Waals surface area contributed by atoms with E-state index in [-0.39, 0.29) is 24.3 Å². The van der Waals surface area contributed by atoms with Crippen LogP contribution in [0, 0.1) is 0 Å². The Kier molecular flexibility index (Phi) is 5.85. The van der Waals surface area contributed by atoms with E-state index >= 15 is 0 Å². The van der Waals surface area contributed by atoms with Crippen molar-refractivity contribution in [1.82, 2.24) is 15.1 Å². The quantitative estimate of drug-likeness (QED) is 0.817. The third kappa shape index (κ3) is 4.29. The van der Waals surface area contributed by atoms with Crippen molar-refractivity contribution in [2.75, 3.05) is 25.4 Å². The van der Waals surface area contributed by atoms with Crippen LogP contribution >= 0.6 is 11.8 Å². The van der Waals surface area contributed by atoms with Gasteiger partial charge in [-0.1, -0.05) is 48.5 Å². The van der Waals surface area contributed by atoms with Gasteiger partial charge in [0.05, 0.1) is 6.54 Å². The van der Waals surface area contributed by atoms with Gasteiger partial charge in [-0.15, -0.1) is 0 Å². The number of piperazine rings is 2. The Balaban J connectivity index is 1.35. The molecule has 29 heavy (non-hydrogen) atoms.